The summed E-state index contributed by atoms with van der Waals surface area (Å²) in [5, 5.41) is 7.40. The number of aromatic nitrogens is 2. The molecule has 0 saturated carbocycles. The minimum Gasteiger partial charge on any atom is -0.302 e. The van der Waals surface area contributed by atoms with E-state index < -0.39 is 0 Å². The maximum atomic E-state index is 14.3. The van der Waals surface area contributed by atoms with Gasteiger partial charge >= 0.3 is 0 Å². The second kappa shape index (κ2) is 8.05. The van der Waals surface area contributed by atoms with Crippen LogP contribution in [0.25, 0.3) is 11.1 Å². The van der Waals surface area contributed by atoms with Crippen LogP contribution in [-0.4, -0.2) is 34.7 Å². The minimum atomic E-state index is -0.189. The highest BCUT2D eigenvalue weighted by molar-refractivity contribution is 5.66. The molecule has 3 nitrogen and oxygen atoms in total. The van der Waals surface area contributed by atoms with Crippen molar-refractivity contribution in [1.82, 2.24) is 15.1 Å². The Hall–Kier alpha value is -2.46. The molecule has 4 heteroatoms. The summed E-state index contributed by atoms with van der Waals surface area (Å²) in [7, 11) is 0. The molecule has 0 radical (unpaired) electrons. The third kappa shape index (κ3) is 3.96. The minimum absolute atomic E-state index is 0.189. The van der Waals surface area contributed by atoms with Gasteiger partial charge in [-0.2, -0.15) is 5.10 Å². The normalized spacial score (nSPS) is 19.1. The SMILES string of the molecule is C[C@@H](CN1CCC[C@H](c2[nH]ncc2-c2ccccc2F)C1)c1ccccc1. The maximum absolute atomic E-state index is 14.3. The van der Waals surface area contributed by atoms with E-state index in [1.807, 2.05) is 12.1 Å². The van der Waals surface area contributed by atoms with E-state index in [9.17, 15) is 4.39 Å². The summed E-state index contributed by atoms with van der Waals surface area (Å²) in [5.74, 6) is 0.669. The van der Waals surface area contributed by atoms with Gasteiger partial charge < -0.3 is 4.90 Å². The molecule has 1 aromatic heterocycles. The molecular formula is C23H26FN3. The third-order valence-electron chi connectivity index (χ3n) is 5.65. The zero-order valence-electron chi connectivity index (χ0n) is 15.7. The van der Waals surface area contributed by atoms with Gasteiger partial charge in [0.25, 0.3) is 0 Å². The van der Waals surface area contributed by atoms with Crippen LogP contribution in [-0.2, 0) is 0 Å². The first-order chi connectivity index (χ1) is 13.2. The number of likely N-dealkylation sites (tertiary alicyclic amines) is 1. The fourth-order valence-electron chi connectivity index (χ4n) is 4.23. The molecule has 0 unspecified atom stereocenters. The van der Waals surface area contributed by atoms with Crippen LogP contribution in [0.4, 0.5) is 4.39 Å². The van der Waals surface area contributed by atoms with Gasteiger partial charge in [0.1, 0.15) is 5.82 Å². The van der Waals surface area contributed by atoms with Gasteiger partial charge in [-0.3, -0.25) is 5.10 Å². The largest absolute Gasteiger partial charge is 0.302 e. The first-order valence-electron chi connectivity index (χ1n) is 9.78. The molecule has 2 atom stereocenters. The average Bonchev–Trinajstić information content (AvgIpc) is 3.19. The smallest absolute Gasteiger partial charge is 0.131 e. The molecule has 27 heavy (non-hydrogen) atoms. The number of hydrogen-bond donors (Lipinski definition) is 1. The number of aromatic amines is 1. The van der Waals surface area contributed by atoms with E-state index in [2.05, 4.69) is 52.4 Å². The summed E-state index contributed by atoms with van der Waals surface area (Å²) in [4.78, 5) is 2.54. The Balaban J connectivity index is 1.50. The number of halogens is 1. The van der Waals surface area contributed by atoms with Gasteiger partial charge in [0.05, 0.1) is 6.20 Å². The molecule has 0 spiro atoms. The van der Waals surface area contributed by atoms with Crippen molar-refractivity contribution >= 4 is 0 Å². The molecule has 0 aliphatic carbocycles. The van der Waals surface area contributed by atoms with E-state index in [1.54, 1.807) is 12.3 Å². The Labute approximate surface area is 160 Å². The predicted molar refractivity (Wildman–Crippen MR) is 107 cm³/mol. The molecular weight excluding hydrogens is 337 g/mol. The lowest BCUT2D eigenvalue weighted by atomic mass is 9.89. The molecule has 2 aromatic carbocycles. The predicted octanol–water partition coefficient (Wildman–Crippen LogP) is 5.20. The quantitative estimate of drug-likeness (QED) is 0.676. The Morgan fingerprint density at radius 1 is 1.11 bits per heavy atom. The van der Waals surface area contributed by atoms with Crippen LogP contribution in [0.15, 0.2) is 60.8 Å². The molecule has 3 aromatic rings. The number of hydrogen-bond acceptors (Lipinski definition) is 2. The molecule has 0 bridgehead atoms. The zero-order chi connectivity index (χ0) is 18.6. The molecule has 1 aliphatic rings. The van der Waals surface area contributed by atoms with Crippen LogP contribution < -0.4 is 0 Å². The summed E-state index contributed by atoms with van der Waals surface area (Å²) < 4.78 is 14.3. The number of nitrogens with one attached hydrogen (secondary N) is 1. The van der Waals surface area contributed by atoms with Gasteiger partial charge in [-0.05, 0) is 36.9 Å². The zero-order valence-corrected chi connectivity index (χ0v) is 15.7. The molecule has 1 N–H and O–H groups in total. The summed E-state index contributed by atoms with van der Waals surface area (Å²) in [6.45, 7) is 5.45. The summed E-state index contributed by atoms with van der Waals surface area (Å²) in [6.07, 6.45) is 4.03. The van der Waals surface area contributed by atoms with Crippen molar-refractivity contribution in [3.8, 4) is 11.1 Å². The van der Waals surface area contributed by atoms with Gasteiger partial charge in [0.15, 0.2) is 0 Å². The monoisotopic (exact) mass is 363 g/mol. The lowest BCUT2D eigenvalue weighted by molar-refractivity contribution is 0.197. The second-order valence-corrected chi connectivity index (χ2v) is 7.59. The van der Waals surface area contributed by atoms with Gasteiger partial charge in [-0.25, -0.2) is 4.39 Å². The van der Waals surface area contributed by atoms with Crippen LogP contribution >= 0.6 is 0 Å². The standard InChI is InChI=1S/C23H26FN3/c1-17(18-8-3-2-4-9-18)15-27-13-7-10-19(16-27)23-21(14-25-26-23)20-11-5-6-12-22(20)24/h2-6,8-9,11-12,14,17,19H,7,10,13,15-16H2,1H3,(H,25,26)/t17-,19-/m0/s1. The Kier molecular flexibility index (Phi) is 5.35. The van der Waals surface area contributed by atoms with Gasteiger partial charge in [-0.15, -0.1) is 0 Å². The molecule has 140 valence electrons. The molecule has 1 saturated heterocycles. The molecule has 4 rings (SSSR count). The van der Waals surface area contributed by atoms with Crippen LogP contribution in [0, 0.1) is 5.82 Å². The van der Waals surface area contributed by atoms with Crippen molar-refractivity contribution in [3.63, 3.8) is 0 Å². The maximum Gasteiger partial charge on any atom is 0.131 e. The summed E-state index contributed by atoms with van der Waals surface area (Å²) in [6, 6.07) is 17.6. The lowest BCUT2D eigenvalue weighted by Gasteiger charge is -2.34. The fraction of sp³-hybridized carbons (Fsp3) is 0.348. The van der Waals surface area contributed by atoms with E-state index >= 15 is 0 Å². The number of H-pyrrole nitrogens is 1. The van der Waals surface area contributed by atoms with Crippen molar-refractivity contribution in [2.24, 2.45) is 0 Å². The summed E-state index contributed by atoms with van der Waals surface area (Å²) in [5.41, 5.74) is 3.98. The fourth-order valence-corrected chi connectivity index (χ4v) is 4.23. The molecule has 1 fully saturated rings. The topological polar surface area (TPSA) is 31.9 Å². The highest BCUT2D eigenvalue weighted by Crippen LogP contribution is 2.34. The second-order valence-electron chi connectivity index (χ2n) is 7.59. The summed E-state index contributed by atoms with van der Waals surface area (Å²) >= 11 is 0. The first kappa shape index (κ1) is 17.9. The number of benzene rings is 2. The Bertz CT molecular complexity index is 874. The lowest BCUT2D eigenvalue weighted by Crippen LogP contribution is -2.37. The van der Waals surface area contributed by atoms with Crippen molar-refractivity contribution < 1.29 is 4.39 Å². The molecule has 1 aliphatic heterocycles. The van der Waals surface area contributed by atoms with Crippen molar-refractivity contribution in [2.45, 2.75) is 31.6 Å². The Morgan fingerprint density at radius 2 is 1.89 bits per heavy atom. The van der Waals surface area contributed by atoms with Crippen molar-refractivity contribution in [2.75, 3.05) is 19.6 Å². The highest BCUT2D eigenvalue weighted by Gasteiger charge is 2.26. The van der Waals surface area contributed by atoms with Gasteiger partial charge in [-0.1, -0.05) is 55.5 Å². The highest BCUT2D eigenvalue weighted by atomic mass is 19.1. The molecule has 0 amide bonds. The van der Waals surface area contributed by atoms with Crippen LogP contribution in [0.3, 0.4) is 0 Å². The van der Waals surface area contributed by atoms with Crippen molar-refractivity contribution in [1.29, 1.82) is 0 Å². The van der Waals surface area contributed by atoms with E-state index in [0.29, 0.717) is 17.4 Å². The van der Waals surface area contributed by atoms with E-state index in [0.717, 1.165) is 43.7 Å². The van der Waals surface area contributed by atoms with E-state index in [-0.39, 0.29) is 5.82 Å². The molecule has 2 heterocycles. The van der Waals surface area contributed by atoms with E-state index in [4.69, 9.17) is 0 Å². The Morgan fingerprint density at radius 3 is 2.70 bits per heavy atom. The van der Waals surface area contributed by atoms with Gasteiger partial charge in [0, 0.05) is 35.8 Å². The van der Waals surface area contributed by atoms with Crippen LogP contribution in [0.2, 0.25) is 0 Å². The van der Waals surface area contributed by atoms with E-state index in [1.165, 1.54) is 11.6 Å². The first-order valence-corrected chi connectivity index (χ1v) is 9.78. The van der Waals surface area contributed by atoms with Crippen LogP contribution in [0.5, 0.6) is 0 Å². The van der Waals surface area contributed by atoms with Gasteiger partial charge in [0.2, 0.25) is 0 Å². The number of rotatable bonds is 5. The third-order valence-corrected chi connectivity index (χ3v) is 5.65. The van der Waals surface area contributed by atoms with Crippen molar-refractivity contribution in [3.05, 3.63) is 77.9 Å². The van der Waals surface area contributed by atoms with Crippen LogP contribution in [0.1, 0.15) is 42.9 Å². The number of piperidine rings is 1. The number of nitrogens with zero attached hydrogens (tertiary/aromatic N) is 2. The average molecular weight is 363 g/mol.